The summed E-state index contributed by atoms with van der Waals surface area (Å²) in [5.41, 5.74) is 2.19. The zero-order valence-corrected chi connectivity index (χ0v) is 15.3. The lowest BCUT2D eigenvalue weighted by atomic mass is 10.1. The molecule has 7 heteroatoms. The van der Waals surface area contributed by atoms with Crippen molar-refractivity contribution in [2.75, 3.05) is 13.7 Å². The first-order valence-electron chi connectivity index (χ1n) is 8.08. The Labute approximate surface area is 153 Å². The van der Waals surface area contributed by atoms with Crippen molar-refractivity contribution in [1.29, 1.82) is 0 Å². The Morgan fingerprint density at radius 2 is 1.96 bits per heavy atom. The van der Waals surface area contributed by atoms with E-state index in [4.69, 9.17) is 4.74 Å². The van der Waals surface area contributed by atoms with Crippen LogP contribution in [0.15, 0.2) is 41.4 Å². The number of carbonyl (C=O) groups excluding carboxylic acids is 1. The molecule has 3 rings (SSSR count). The smallest absolute Gasteiger partial charge is 0.252 e. The van der Waals surface area contributed by atoms with Crippen LogP contribution in [0.1, 0.15) is 11.1 Å². The predicted octanol–water partition coefficient (Wildman–Crippen LogP) is 3.61. The highest BCUT2D eigenvalue weighted by atomic mass is 32.1. The molecule has 1 aromatic heterocycles. The largest absolute Gasteiger partial charge is 0.383 e. The highest BCUT2D eigenvalue weighted by Gasteiger charge is 2.14. The van der Waals surface area contributed by atoms with Crippen molar-refractivity contribution in [1.82, 2.24) is 4.57 Å². The van der Waals surface area contributed by atoms with Crippen molar-refractivity contribution in [2.24, 2.45) is 4.99 Å². The Kier molecular flexibility index (Phi) is 5.58. The minimum Gasteiger partial charge on any atom is -0.383 e. The number of methoxy groups -OCH3 is 1. The third-order valence-electron chi connectivity index (χ3n) is 3.91. The van der Waals surface area contributed by atoms with E-state index in [1.807, 2.05) is 31.2 Å². The fourth-order valence-electron chi connectivity index (χ4n) is 2.63. The van der Waals surface area contributed by atoms with Gasteiger partial charge in [-0.25, -0.2) is 8.78 Å². The molecule has 0 aliphatic heterocycles. The van der Waals surface area contributed by atoms with Gasteiger partial charge in [0.2, 0.25) is 0 Å². The quantitative estimate of drug-likeness (QED) is 0.683. The second-order valence-electron chi connectivity index (χ2n) is 5.93. The molecule has 136 valence electrons. The number of thiazole rings is 1. The van der Waals surface area contributed by atoms with Crippen molar-refractivity contribution < 1.29 is 18.3 Å². The maximum Gasteiger partial charge on any atom is 0.252 e. The molecule has 0 radical (unpaired) electrons. The number of benzene rings is 2. The van der Waals surface area contributed by atoms with Gasteiger partial charge in [0, 0.05) is 19.7 Å². The molecule has 2 aromatic carbocycles. The number of ether oxygens (including phenoxy) is 1. The molecule has 1 amide bonds. The Balaban J connectivity index is 2.01. The van der Waals surface area contributed by atoms with E-state index in [0.717, 1.165) is 28.5 Å². The monoisotopic (exact) mass is 376 g/mol. The summed E-state index contributed by atoms with van der Waals surface area (Å²) in [6.45, 7) is 2.61. The third kappa shape index (κ3) is 4.05. The van der Waals surface area contributed by atoms with E-state index in [-0.39, 0.29) is 17.8 Å². The SMILES string of the molecule is COCCn1c(=NC(=O)Cc2ccc(C)cc2)sc2cc(F)cc(F)c21. The van der Waals surface area contributed by atoms with Crippen molar-refractivity contribution in [3.8, 4) is 0 Å². The van der Waals surface area contributed by atoms with Crippen LogP contribution < -0.4 is 4.80 Å². The third-order valence-corrected chi connectivity index (χ3v) is 4.94. The van der Waals surface area contributed by atoms with Crippen molar-refractivity contribution in [2.45, 2.75) is 19.9 Å². The van der Waals surface area contributed by atoms with Gasteiger partial charge >= 0.3 is 0 Å². The average molecular weight is 376 g/mol. The summed E-state index contributed by atoms with van der Waals surface area (Å²) in [6, 6.07) is 9.69. The standard InChI is InChI=1S/C19H18F2N2O2S/c1-12-3-5-13(6-4-12)9-17(24)22-19-23(7-8-25-2)18-15(21)10-14(20)11-16(18)26-19/h3-6,10-11H,7-9H2,1-2H3. The van der Waals surface area contributed by atoms with Gasteiger partial charge in [0.15, 0.2) is 10.6 Å². The molecule has 0 saturated heterocycles. The molecular weight excluding hydrogens is 358 g/mol. The number of amides is 1. The van der Waals surface area contributed by atoms with Gasteiger partial charge in [-0.3, -0.25) is 4.79 Å². The van der Waals surface area contributed by atoms with E-state index in [9.17, 15) is 13.6 Å². The fraction of sp³-hybridized carbons (Fsp3) is 0.263. The maximum atomic E-state index is 14.2. The van der Waals surface area contributed by atoms with Gasteiger partial charge in [0.05, 0.1) is 23.2 Å². The number of carbonyl (C=O) groups is 1. The molecule has 3 aromatic rings. The van der Waals surface area contributed by atoms with Gasteiger partial charge in [-0.05, 0) is 18.6 Å². The second-order valence-corrected chi connectivity index (χ2v) is 6.94. The van der Waals surface area contributed by atoms with E-state index in [1.54, 1.807) is 4.57 Å². The normalized spacial score (nSPS) is 12.1. The van der Waals surface area contributed by atoms with Crippen LogP contribution in [0.5, 0.6) is 0 Å². The van der Waals surface area contributed by atoms with E-state index < -0.39 is 11.6 Å². The van der Waals surface area contributed by atoms with Crippen LogP contribution in [0.25, 0.3) is 10.2 Å². The van der Waals surface area contributed by atoms with Crippen molar-refractivity contribution in [3.63, 3.8) is 0 Å². The number of nitrogens with zero attached hydrogens (tertiary/aromatic N) is 2. The van der Waals surface area contributed by atoms with Gasteiger partial charge < -0.3 is 9.30 Å². The molecule has 0 bridgehead atoms. The van der Waals surface area contributed by atoms with E-state index in [2.05, 4.69) is 4.99 Å². The molecule has 0 saturated carbocycles. The summed E-state index contributed by atoms with van der Waals surface area (Å²) in [4.78, 5) is 16.8. The summed E-state index contributed by atoms with van der Waals surface area (Å²) in [7, 11) is 1.53. The summed E-state index contributed by atoms with van der Waals surface area (Å²) in [6.07, 6.45) is 0.148. The number of aryl methyl sites for hydroxylation is 1. The van der Waals surface area contributed by atoms with Crippen molar-refractivity contribution >= 4 is 27.5 Å². The lowest BCUT2D eigenvalue weighted by molar-refractivity contribution is -0.117. The molecule has 1 heterocycles. The summed E-state index contributed by atoms with van der Waals surface area (Å²) < 4.78 is 34.8. The zero-order valence-electron chi connectivity index (χ0n) is 14.5. The topological polar surface area (TPSA) is 43.6 Å². The minimum absolute atomic E-state index is 0.148. The Hall–Kier alpha value is -2.38. The number of fused-ring (bicyclic) bond motifs is 1. The van der Waals surface area contributed by atoms with Gasteiger partial charge in [0.1, 0.15) is 5.82 Å². The number of halogens is 2. The number of hydrogen-bond donors (Lipinski definition) is 0. The molecule has 0 aliphatic carbocycles. The average Bonchev–Trinajstić information content (AvgIpc) is 2.92. The van der Waals surface area contributed by atoms with Crippen molar-refractivity contribution in [3.05, 3.63) is 64.0 Å². The molecule has 26 heavy (non-hydrogen) atoms. The first-order chi connectivity index (χ1) is 12.5. The lowest BCUT2D eigenvalue weighted by Gasteiger charge is -2.05. The molecule has 0 unspecified atom stereocenters. The van der Waals surface area contributed by atoms with E-state index >= 15 is 0 Å². The second kappa shape index (κ2) is 7.88. The highest BCUT2D eigenvalue weighted by Crippen LogP contribution is 2.22. The van der Waals surface area contributed by atoms with Crippen LogP contribution in [-0.4, -0.2) is 24.2 Å². The predicted molar refractivity (Wildman–Crippen MR) is 97.1 cm³/mol. The maximum absolute atomic E-state index is 14.2. The summed E-state index contributed by atoms with van der Waals surface area (Å²) in [5, 5.41) is 0. The van der Waals surface area contributed by atoms with Crippen LogP contribution in [0, 0.1) is 18.6 Å². The first-order valence-corrected chi connectivity index (χ1v) is 8.90. The molecule has 4 nitrogen and oxygen atoms in total. The van der Waals surface area contributed by atoms with Gasteiger partial charge in [0.25, 0.3) is 5.91 Å². The Morgan fingerprint density at radius 1 is 1.23 bits per heavy atom. The van der Waals surface area contributed by atoms with Crippen LogP contribution in [0.2, 0.25) is 0 Å². The van der Waals surface area contributed by atoms with Gasteiger partial charge in [-0.1, -0.05) is 41.2 Å². The van der Waals surface area contributed by atoms with E-state index in [1.165, 1.54) is 13.2 Å². The molecule has 0 fully saturated rings. The number of aromatic nitrogens is 1. The summed E-state index contributed by atoms with van der Waals surface area (Å²) in [5.74, 6) is -1.68. The van der Waals surface area contributed by atoms with Crippen LogP contribution >= 0.6 is 11.3 Å². The van der Waals surface area contributed by atoms with Gasteiger partial charge in [-0.15, -0.1) is 0 Å². The molecular formula is C19H18F2N2O2S. The van der Waals surface area contributed by atoms with E-state index in [0.29, 0.717) is 22.7 Å². The highest BCUT2D eigenvalue weighted by molar-refractivity contribution is 7.16. The summed E-state index contributed by atoms with van der Waals surface area (Å²) >= 11 is 1.08. The molecule has 0 aliphatic rings. The lowest BCUT2D eigenvalue weighted by Crippen LogP contribution is -2.20. The number of rotatable bonds is 5. The molecule has 0 spiro atoms. The van der Waals surface area contributed by atoms with Crippen LogP contribution in [-0.2, 0) is 22.5 Å². The zero-order chi connectivity index (χ0) is 18.7. The minimum atomic E-state index is -0.681. The molecule has 0 atom stereocenters. The van der Waals surface area contributed by atoms with Crippen LogP contribution in [0.3, 0.4) is 0 Å². The Morgan fingerprint density at radius 3 is 2.65 bits per heavy atom. The Bertz CT molecular complexity index is 1010. The van der Waals surface area contributed by atoms with Gasteiger partial charge in [-0.2, -0.15) is 4.99 Å². The fourth-order valence-corrected chi connectivity index (χ4v) is 3.74. The first kappa shape index (κ1) is 18.4. The number of hydrogen-bond acceptors (Lipinski definition) is 3. The molecule has 0 N–H and O–H groups in total. The van der Waals surface area contributed by atoms with Crippen LogP contribution in [0.4, 0.5) is 8.78 Å².